The Labute approximate surface area is 270 Å². The molecule has 0 aliphatic heterocycles. The number of hydrogen-bond donors (Lipinski definition) is 0. The smallest absolute Gasteiger partial charge is 0.0546 e. The summed E-state index contributed by atoms with van der Waals surface area (Å²) in [6.45, 7) is 4.72. The van der Waals surface area contributed by atoms with Gasteiger partial charge in [0.05, 0.1) is 11.4 Å². The Balaban J connectivity index is 1.39. The van der Waals surface area contributed by atoms with Crippen LogP contribution in [0.4, 0.5) is 17.1 Å². The van der Waals surface area contributed by atoms with Crippen LogP contribution in [0, 0.1) is 0 Å². The largest absolute Gasteiger partial charge is 0.309 e. The molecule has 0 saturated heterocycles. The molecule has 0 fully saturated rings. The fourth-order valence-electron chi connectivity index (χ4n) is 7.81. The van der Waals surface area contributed by atoms with Crippen molar-refractivity contribution in [2.24, 2.45) is 0 Å². The van der Waals surface area contributed by atoms with Crippen molar-refractivity contribution in [1.29, 1.82) is 0 Å². The molecule has 0 saturated carbocycles. The highest BCUT2D eigenvalue weighted by molar-refractivity contribution is 6.24. The molecule has 8 aromatic carbocycles. The average Bonchev–Trinajstić information content (AvgIpc) is 3.34. The van der Waals surface area contributed by atoms with Gasteiger partial charge in [0.15, 0.2) is 0 Å². The number of benzene rings is 8. The molecule has 46 heavy (non-hydrogen) atoms. The minimum absolute atomic E-state index is 0.103. The van der Waals surface area contributed by atoms with E-state index in [0.717, 1.165) is 11.4 Å². The minimum atomic E-state index is -0.103. The molecule has 1 nitrogen and oxygen atoms in total. The Kier molecular flexibility index (Phi) is 5.92. The molecule has 1 heteroatoms. The van der Waals surface area contributed by atoms with E-state index in [9.17, 15) is 0 Å². The summed E-state index contributed by atoms with van der Waals surface area (Å²) >= 11 is 0. The zero-order chi connectivity index (χ0) is 30.8. The lowest BCUT2D eigenvalue weighted by atomic mass is 9.82. The van der Waals surface area contributed by atoms with Gasteiger partial charge in [-0.05, 0) is 79.0 Å². The molecule has 0 amide bonds. The van der Waals surface area contributed by atoms with Crippen molar-refractivity contribution < 1.29 is 0 Å². The van der Waals surface area contributed by atoms with E-state index in [-0.39, 0.29) is 5.41 Å². The Hall–Kier alpha value is -5.66. The Morgan fingerprint density at radius 3 is 1.87 bits per heavy atom. The number of para-hydroxylation sites is 1. The SMILES string of the molecule is CC1(C)c2ccccc2-c2ccc(N(c3ccccc3-c3ccccc3)c3cc4ccccc4c4c3ccc3ccccc34)cc21. The molecular formula is C45H33N. The molecule has 218 valence electrons. The van der Waals surface area contributed by atoms with E-state index in [1.807, 2.05) is 0 Å². The van der Waals surface area contributed by atoms with E-state index in [0.29, 0.717) is 0 Å². The van der Waals surface area contributed by atoms with Crippen LogP contribution in [-0.2, 0) is 5.41 Å². The molecule has 1 aliphatic rings. The second-order valence-corrected chi connectivity index (χ2v) is 12.9. The standard InChI is InChI=1S/C45H33N/c1-45(2)40-22-12-10-21-37(40)38-27-25-33(29-41(38)45)46(42-23-13-11-18-34(42)30-14-4-3-5-15-30)43-28-32-17-7-9-20-36(32)44-35-19-8-6-16-31(35)24-26-39(43)44/h3-29H,1-2H3. The monoisotopic (exact) mass is 587 g/mol. The molecule has 0 N–H and O–H groups in total. The minimum Gasteiger partial charge on any atom is -0.309 e. The van der Waals surface area contributed by atoms with Crippen molar-refractivity contribution >= 4 is 49.4 Å². The molecule has 0 bridgehead atoms. The van der Waals surface area contributed by atoms with Crippen LogP contribution in [0.1, 0.15) is 25.0 Å². The van der Waals surface area contributed by atoms with E-state index >= 15 is 0 Å². The summed E-state index contributed by atoms with van der Waals surface area (Å²) in [4.78, 5) is 2.51. The number of rotatable bonds is 4. The zero-order valence-corrected chi connectivity index (χ0v) is 26.0. The quantitative estimate of drug-likeness (QED) is 0.185. The second kappa shape index (κ2) is 10.2. The lowest BCUT2D eigenvalue weighted by Crippen LogP contribution is -2.17. The lowest BCUT2D eigenvalue weighted by Gasteiger charge is -2.31. The van der Waals surface area contributed by atoms with Gasteiger partial charge < -0.3 is 4.90 Å². The molecule has 0 heterocycles. The van der Waals surface area contributed by atoms with Crippen molar-refractivity contribution in [2.45, 2.75) is 19.3 Å². The first-order valence-electron chi connectivity index (χ1n) is 16.1. The maximum atomic E-state index is 2.51. The van der Waals surface area contributed by atoms with Crippen LogP contribution >= 0.6 is 0 Å². The van der Waals surface area contributed by atoms with Crippen molar-refractivity contribution in [3.05, 3.63) is 175 Å². The molecule has 0 unspecified atom stereocenters. The highest BCUT2D eigenvalue weighted by Crippen LogP contribution is 2.52. The third kappa shape index (κ3) is 3.95. The molecule has 0 radical (unpaired) electrons. The fraction of sp³-hybridized carbons (Fsp3) is 0.0667. The third-order valence-electron chi connectivity index (χ3n) is 10.0. The van der Waals surface area contributed by atoms with Crippen LogP contribution in [0.2, 0.25) is 0 Å². The number of fused-ring (bicyclic) bond motifs is 8. The summed E-state index contributed by atoms with van der Waals surface area (Å²) in [6.07, 6.45) is 0. The molecule has 0 aromatic heterocycles. The Morgan fingerprint density at radius 2 is 1.04 bits per heavy atom. The summed E-state index contributed by atoms with van der Waals surface area (Å²) in [6, 6.07) is 60.2. The predicted molar refractivity (Wildman–Crippen MR) is 197 cm³/mol. The molecule has 9 rings (SSSR count). The van der Waals surface area contributed by atoms with Gasteiger partial charge in [0.1, 0.15) is 0 Å². The van der Waals surface area contributed by atoms with Gasteiger partial charge >= 0.3 is 0 Å². The maximum absolute atomic E-state index is 2.51. The summed E-state index contributed by atoms with van der Waals surface area (Å²) in [5.41, 5.74) is 11.2. The van der Waals surface area contributed by atoms with Crippen LogP contribution in [0.25, 0.3) is 54.6 Å². The van der Waals surface area contributed by atoms with Crippen molar-refractivity contribution in [3.63, 3.8) is 0 Å². The second-order valence-electron chi connectivity index (χ2n) is 12.9. The van der Waals surface area contributed by atoms with Gasteiger partial charge in [-0.1, -0.05) is 153 Å². The number of nitrogens with zero attached hydrogens (tertiary/aromatic N) is 1. The summed E-state index contributed by atoms with van der Waals surface area (Å²) < 4.78 is 0. The van der Waals surface area contributed by atoms with E-state index in [2.05, 4.69) is 183 Å². The first kappa shape index (κ1) is 26.7. The van der Waals surface area contributed by atoms with E-state index in [1.54, 1.807) is 0 Å². The number of anilines is 3. The van der Waals surface area contributed by atoms with Gasteiger partial charge in [-0.25, -0.2) is 0 Å². The van der Waals surface area contributed by atoms with E-state index in [4.69, 9.17) is 0 Å². The van der Waals surface area contributed by atoms with Crippen molar-refractivity contribution in [3.8, 4) is 22.3 Å². The molecule has 1 aliphatic carbocycles. The first-order valence-corrected chi connectivity index (χ1v) is 16.1. The average molecular weight is 588 g/mol. The van der Waals surface area contributed by atoms with E-state index in [1.165, 1.54) is 71.4 Å². The lowest BCUT2D eigenvalue weighted by molar-refractivity contribution is 0.660. The Morgan fingerprint density at radius 1 is 0.413 bits per heavy atom. The van der Waals surface area contributed by atoms with Crippen LogP contribution in [0.15, 0.2) is 164 Å². The topological polar surface area (TPSA) is 3.24 Å². The van der Waals surface area contributed by atoms with Gasteiger partial charge in [-0.2, -0.15) is 0 Å². The molecule has 0 atom stereocenters. The summed E-state index contributed by atoms with van der Waals surface area (Å²) in [7, 11) is 0. The summed E-state index contributed by atoms with van der Waals surface area (Å²) in [5, 5.41) is 7.58. The Bertz CT molecular complexity index is 2440. The van der Waals surface area contributed by atoms with Crippen LogP contribution < -0.4 is 4.90 Å². The van der Waals surface area contributed by atoms with Gasteiger partial charge in [0.25, 0.3) is 0 Å². The normalized spacial score (nSPS) is 13.2. The first-order chi connectivity index (χ1) is 22.6. The van der Waals surface area contributed by atoms with Crippen LogP contribution in [-0.4, -0.2) is 0 Å². The summed E-state index contributed by atoms with van der Waals surface area (Å²) in [5.74, 6) is 0. The fourth-order valence-corrected chi connectivity index (χ4v) is 7.81. The molecule has 0 spiro atoms. The number of hydrogen-bond acceptors (Lipinski definition) is 1. The molecular weight excluding hydrogens is 555 g/mol. The van der Waals surface area contributed by atoms with E-state index < -0.39 is 0 Å². The van der Waals surface area contributed by atoms with Gasteiger partial charge in [0.2, 0.25) is 0 Å². The molecule has 8 aromatic rings. The zero-order valence-electron chi connectivity index (χ0n) is 26.0. The van der Waals surface area contributed by atoms with Crippen molar-refractivity contribution in [1.82, 2.24) is 0 Å². The predicted octanol–water partition coefficient (Wildman–Crippen LogP) is 12.6. The van der Waals surface area contributed by atoms with Gasteiger partial charge in [-0.15, -0.1) is 0 Å². The third-order valence-corrected chi connectivity index (χ3v) is 10.0. The van der Waals surface area contributed by atoms with Gasteiger partial charge in [-0.3, -0.25) is 0 Å². The highest BCUT2D eigenvalue weighted by Gasteiger charge is 2.36. The highest BCUT2D eigenvalue weighted by atomic mass is 15.1. The maximum Gasteiger partial charge on any atom is 0.0546 e. The van der Waals surface area contributed by atoms with Crippen molar-refractivity contribution in [2.75, 3.05) is 4.90 Å². The van der Waals surface area contributed by atoms with Crippen LogP contribution in [0.3, 0.4) is 0 Å². The van der Waals surface area contributed by atoms with Gasteiger partial charge in [0, 0.05) is 22.1 Å². The van der Waals surface area contributed by atoms with Crippen LogP contribution in [0.5, 0.6) is 0 Å².